The Morgan fingerprint density at radius 2 is 1.83 bits per heavy atom. The molecule has 0 aliphatic heterocycles. The molecule has 0 bridgehead atoms. The van der Waals surface area contributed by atoms with Gasteiger partial charge in [-0.3, -0.25) is 4.18 Å². The van der Waals surface area contributed by atoms with Gasteiger partial charge in [-0.15, -0.1) is 33.2 Å². The summed E-state index contributed by atoms with van der Waals surface area (Å²) in [5.41, 5.74) is 0.616. The summed E-state index contributed by atoms with van der Waals surface area (Å²) in [4.78, 5) is 0.148. The molecule has 0 N–H and O–H groups in total. The number of hydrogen-bond acceptors (Lipinski definition) is 3. The highest BCUT2D eigenvalue weighted by atomic mass is 35.8. The van der Waals surface area contributed by atoms with Crippen molar-refractivity contribution in [2.45, 2.75) is 24.3 Å². The molecule has 0 amide bonds. The number of rotatable bonds is 6. The van der Waals surface area contributed by atoms with Crippen LogP contribution in [0.5, 0.6) is 0 Å². The molecule has 8 heteroatoms. The summed E-state index contributed by atoms with van der Waals surface area (Å²) in [5.74, 6) is 0. The summed E-state index contributed by atoms with van der Waals surface area (Å²) < 4.78 is 28.5. The molecule has 18 heavy (non-hydrogen) atoms. The van der Waals surface area contributed by atoms with Crippen LogP contribution < -0.4 is 0 Å². The van der Waals surface area contributed by atoms with E-state index in [9.17, 15) is 8.42 Å². The van der Waals surface area contributed by atoms with Crippen LogP contribution in [0.25, 0.3) is 0 Å². The van der Waals surface area contributed by atoms with Crippen molar-refractivity contribution in [3.05, 3.63) is 29.8 Å². The summed E-state index contributed by atoms with van der Waals surface area (Å²) in [5, 5.41) is 0. The van der Waals surface area contributed by atoms with Crippen LogP contribution in [0.1, 0.15) is 12.5 Å². The molecule has 1 rings (SSSR count). The minimum Gasteiger partial charge on any atom is -0.267 e. The van der Waals surface area contributed by atoms with Gasteiger partial charge in [-0.1, -0.05) is 18.2 Å². The zero-order valence-corrected chi connectivity index (χ0v) is 13.8. The van der Waals surface area contributed by atoms with Gasteiger partial charge in [0.2, 0.25) is 0 Å². The van der Waals surface area contributed by atoms with Gasteiger partial charge < -0.3 is 0 Å². The lowest BCUT2D eigenvalue weighted by Crippen LogP contribution is -2.13. The lowest BCUT2D eigenvalue weighted by molar-refractivity contribution is 0.337. The molecule has 0 radical (unpaired) electrons. The van der Waals surface area contributed by atoms with Crippen LogP contribution in [0, 0.1) is 0 Å². The summed E-state index contributed by atoms with van der Waals surface area (Å²) in [7, 11) is -3.72. The third-order valence-electron chi connectivity index (χ3n) is 2.19. The Morgan fingerprint density at radius 1 is 1.22 bits per heavy atom. The molecule has 0 saturated carbocycles. The first-order chi connectivity index (χ1) is 8.26. The minimum atomic E-state index is -3.72. The van der Waals surface area contributed by atoms with Crippen LogP contribution in [-0.2, 0) is 20.7 Å². The Bertz CT molecular complexity index is 499. The quantitative estimate of drug-likeness (QED) is 0.448. The van der Waals surface area contributed by atoms with Crippen molar-refractivity contribution in [1.82, 2.24) is 0 Å². The van der Waals surface area contributed by atoms with Crippen LogP contribution in [0.4, 0.5) is 0 Å². The maximum Gasteiger partial charge on any atom is 0.341 e. The van der Waals surface area contributed by atoms with E-state index in [1.54, 1.807) is 25.1 Å². The van der Waals surface area contributed by atoms with Crippen LogP contribution in [-0.4, -0.2) is 21.0 Å². The van der Waals surface area contributed by atoms with E-state index >= 15 is 0 Å². The molecule has 1 aromatic rings. The number of halogens is 3. The highest BCUT2D eigenvalue weighted by molar-refractivity contribution is 7.86. The van der Waals surface area contributed by atoms with Crippen molar-refractivity contribution in [2.24, 2.45) is 0 Å². The molecule has 0 aliphatic rings. The molecule has 1 aromatic carbocycles. The fourth-order valence-electron chi connectivity index (χ4n) is 1.45. The van der Waals surface area contributed by atoms with Gasteiger partial charge in [-0.05, 0) is 31.0 Å². The van der Waals surface area contributed by atoms with Crippen LogP contribution in [0.3, 0.4) is 0 Å². The topological polar surface area (TPSA) is 43.4 Å². The van der Waals surface area contributed by atoms with Gasteiger partial charge in [0.1, 0.15) is 0 Å². The molecule has 0 spiro atoms. The first-order valence-electron chi connectivity index (χ1n) is 5.30. The van der Waals surface area contributed by atoms with Crippen molar-refractivity contribution < 1.29 is 12.6 Å². The zero-order valence-electron chi connectivity index (χ0n) is 9.70. The van der Waals surface area contributed by atoms with Crippen LogP contribution >= 0.6 is 33.2 Å². The Labute approximate surface area is 122 Å². The molecule has 0 aliphatic carbocycles. The molecule has 0 fully saturated rings. The Kier molecular flexibility index (Phi) is 5.96. The van der Waals surface area contributed by atoms with Gasteiger partial charge in [0.25, 0.3) is 10.1 Å². The fourth-order valence-corrected chi connectivity index (χ4v) is 4.03. The van der Waals surface area contributed by atoms with Gasteiger partial charge >= 0.3 is 6.00 Å². The Hall–Kier alpha value is 0.217. The maximum absolute atomic E-state index is 11.9. The van der Waals surface area contributed by atoms with Crippen molar-refractivity contribution in [1.29, 1.82) is 0 Å². The van der Waals surface area contributed by atoms with Gasteiger partial charge in [-0.2, -0.15) is 8.42 Å². The molecule has 102 valence electrons. The minimum absolute atomic E-state index is 0.0931. The van der Waals surface area contributed by atoms with Gasteiger partial charge in [-0.25, -0.2) is 0 Å². The predicted molar refractivity (Wildman–Crippen MR) is 77.1 cm³/mol. The normalized spacial score (nSPS) is 12.7. The van der Waals surface area contributed by atoms with Crippen LogP contribution in [0.2, 0.25) is 6.04 Å². The standard InChI is InChI=1S/C10H13Cl3O3SSi/c1-2-16-17(14,15)10-6-4-3-5-9(10)7-8-18(11,12)13/h3-6H,2,7-8H2,1H3. The van der Waals surface area contributed by atoms with Gasteiger partial charge in [0, 0.05) is 0 Å². The first-order valence-corrected chi connectivity index (χ1v) is 12.0. The molecule has 0 aromatic heterocycles. The highest BCUT2D eigenvalue weighted by Crippen LogP contribution is 2.28. The average Bonchev–Trinajstić information content (AvgIpc) is 2.26. The number of hydrogen-bond donors (Lipinski definition) is 0. The molecular weight excluding hydrogens is 335 g/mol. The summed E-state index contributed by atoms with van der Waals surface area (Å²) in [6, 6.07) is 4.21. The summed E-state index contributed by atoms with van der Waals surface area (Å²) in [6.07, 6.45) is 0.408. The maximum atomic E-state index is 11.9. The van der Waals surface area contributed by atoms with E-state index < -0.39 is 16.1 Å². The van der Waals surface area contributed by atoms with E-state index in [4.69, 9.17) is 37.4 Å². The monoisotopic (exact) mass is 346 g/mol. The summed E-state index contributed by atoms with van der Waals surface area (Å²) in [6.45, 7) is 1.71. The number of benzene rings is 1. The second-order valence-corrected chi connectivity index (χ2v) is 14.4. The SMILES string of the molecule is CCOS(=O)(=O)c1ccccc1CC[Si](Cl)(Cl)Cl. The van der Waals surface area contributed by atoms with E-state index in [1.165, 1.54) is 6.07 Å². The van der Waals surface area contributed by atoms with E-state index in [0.717, 1.165) is 0 Å². The van der Waals surface area contributed by atoms with Gasteiger partial charge in [0.15, 0.2) is 0 Å². The second-order valence-electron chi connectivity index (χ2n) is 3.58. The molecule has 0 unspecified atom stereocenters. The van der Waals surface area contributed by atoms with E-state index in [-0.39, 0.29) is 11.5 Å². The van der Waals surface area contributed by atoms with E-state index in [2.05, 4.69) is 0 Å². The predicted octanol–water partition coefficient (Wildman–Crippen LogP) is 3.61. The van der Waals surface area contributed by atoms with E-state index in [0.29, 0.717) is 18.0 Å². The summed E-state index contributed by atoms with van der Waals surface area (Å²) >= 11 is 17.4. The fraction of sp³-hybridized carbons (Fsp3) is 0.400. The first kappa shape index (κ1) is 16.3. The smallest absolute Gasteiger partial charge is 0.267 e. The molecule has 3 nitrogen and oxygen atoms in total. The molecule has 0 heterocycles. The average molecular weight is 348 g/mol. The van der Waals surface area contributed by atoms with Crippen LogP contribution in [0.15, 0.2) is 29.2 Å². The second kappa shape index (κ2) is 6.59. The third kappa shape index (κ3) is 5.07. The molecular formula is C10H13Cl3O3SSi. The Morgan fingerprint density at radius 3 is 2.39 bits per heavy atom. The van der Waals surface area contributed by atoms with Crippen molar-refractivity contribution in [3.63, 3.8) is 0 Å². The molecule has 0 saturated heterocycles. The zero-order chi connectivity index (χ0) is 13.8. The third-order valence-corrected chi connectivity index (χ3v) is 6.19. The van der Waals surface area contributed by atoms with Crippen molar-refractivity contribution in [2.75, 3.05) is 6.61 Å². The van der Waals surface area contributed by atoms with Crippen molar-refractivity contribution in [3.8, 4) is 0 Å². The molecule has 0 atom stereocenters. The lowest BCUT2D eigenvalue weighted by atomic mass is 10.2. The van der Waals surface area contributed by atoms with Gasteiger partial charge in [0.05, 0.1) is 11.5 Å². The van der Waals surface area contributed by atoms with E-state index in [1.807, 2.05) is 0 Å². The Balaban J connectivity index is 3.00. The largest absolute Gasteiger partial charge is 0.341 e. The lowest BCUT2D eigenvalue weighted by Gasteiger charge is -2.11. The number of aryl methyl sites for hydroxylation is 1. The highest BCUT2D eigenvalue weighted by Gasteiger charge is 2.26. The van der Waals surface area contributed by atoms with Crippen molar-refractivity contribution >= 4 is 49.4 Å².